The van der Waals surface area contributed by atoms with Gasteiger partial charge in [0.1, 0.15) is 18.1 Å². The molecule has 5 atom stereocenters. The predicted molar refractivity (Wildman–Crippen MR) is 105 cm³/mol. The number of hydrogen-bond donors (Lipinski definition) is 6. The van der Waals surface area contributed by atoms with Crippen LogP contribution in [0.4, 0.5) is 0 Å². The number of hydrogen-bond acceptors (Lipinski definition) is 6. The van der Waals surface area contributed by atoms with Gasteiger partial charge in [0.2, 0.25) is 23.6 Å². The van der Waals surface area contributed by atoms with E-state index < -0.39 is 66.1 Å². The van der Waals surface area contributed by atoms with Gasteiger partial charge in [-0.25, -0.2) is 4.79 Å². The van der Waals surface area contributed by atoms with Crippen LogP contribution >= 0.6 is 0 Å². The zero-order valence-electron chi connectivity index (χ0n) is 17.5. The van der Waals surface area contributed by atoms with Crippen LogP contribution in [0.2, 0.25) is 0 Å². The van der Waals surface area contributed by atoms with Crippen LogP contribution in [-0.2, 0) is 24.0 Å². The van der Waals surface area contributed by atoms with Gasteiger partial charge in [-0.1, -0.05) is 34.1 Å². The number of amides is 4. The van der Waals surface area contributed by atoms with Gasteiger partial charge in [-0.05, 0) is 18.8 Å². The fourth-order valence-corrected chi connectivity index (χ4v) is 2.36. The van der Waals surface area contributed by atoms with Gasteiger partial charge in [0.25, 0.3) is 0 Å². The Balaban J connectivity index is 5.15. The summed E-state index contributed by atoms with van der Waals surface area (Å²) in [5.74, 6) is -4.77. The van der Waals surface area contributed by atoms with Crippen molar-refractivity contribution in [3.63, 3.8) is 0 Å². The first-order chi connectivity index (χ1) is 13.3. The molecule has 8 N–H and O–H groups in total. The molecule has 0 saturated carbocycles. The minimum absolute atomic E-state index is 0.0948. The highest BCUT2D eigenvalue weighted by Crippen LogP contribution is 2.06. The third kappa shape index (κ3) is 8.90. The average molecular weight is 415 g/mol. The Morgan fingerprint density at radius 2 is 1.45 bits per heavy atom. The second-order valence-electron chi connectivity index (χ2n) is 7.44. The summed E-state index contributed by atoms with van der Waals surface area (Å²) in [6.45, 7) is 8.26. The van der Waals surface area contributed by atoms with E-state index in [4.69, 9.17) is 11.5 Å². The van der Waals surface area contributed by atoms with E-state index in [0.29, 0.717) is 6.42 Å². The number of nitrogens with one attached hydrogen (secondary N) is 3. The van der Waals surface area contributed by atoms with E-state index in [-0.39, 0.29) is 5.92 Å². The first kappa shape index (κ1) is 26.3. The van der Waals surface area contributed by atoms with Crippen LogP contribution in [0.25, 0.3) is 0 Å². The Bertz CT molecular complexity index is 624. The van der Waals surface area contributed by atoms with E-state index in [1.54, 1.807) is 20.8 Å². The van der Waals surface area contributed by atoms with E-state index in [9.17, 15) is 29.1 Å². The maximum atomic E-state index is 12.4. The molecule has 0 saturated heterocycles. The van der Waals surface area contributed by atoms with Crippen molar-refractivity contribution in [2.45, 2.75) is 71.6 Å². The lowest BCUT2D eigenvalue weighted by Crippen LogP contribution is -2.58. The first-order valence-electron chi connectivity index (χ1n) is 9.49. The number of carboxylic acid groups (broad SMARTS) is 1. The third-order valence-corrected chi connectivity index (χ3v) is 4.58. The Morgan fingerprint density at radius 3 is 1.86 bits per heavy atom. The molecule has 0 heterocycles. The molecule has 0 radical (unpaired) electrons. The monoisotopic (exact) mass is 415 g/mol. The van der Waals surface area contributed by atoms with Crippen molar-refractivity contribution in [2.75, 3.05) is 0 Å². The van der Waals surface area contributed by atoms with Gasteiger partial charge in [0, 0.05) is 0 Å². The summed E-state index contributed by atoms with van der Waals surface area (Å²) >= 11 is 0. The normalized spacial score (nSPS) is 16.1. The summed E-state index contributed by atoms with van der Waals surface area (Å²) in [5.41, 5.74) is 11.0. The van der Waals surface area contributed by atoms with Crippen molar-refractivity contribution in [2.24, 2.45) is 23.3 Å². The lowest BCUT2D eigenvalue weighted by molar-refractivity contribution is -0.143. The Labute approximate surface area is 170 Å². The number of primary amides is 1. The average Bonchev–Trinajstić information content (AvgIpc) is 2.62. The molecule has 0 aliphatic heterocycles. The predicted octanol–water partition coefficient (Wildman–Crippen LogP) is -1.55. The van der Waals surface area contributed by atoms with Crippen LogP contribution in [-0.4, -0.2) is 58.9 Å². The van der Waals surface area contributed by atoms with Crippen LogP contribution in [0.5, 0.6) is 0 Å². The summed E-state index contributed by atoms with van der Waals surface area (Å²) in [6, 6.07) is -4.44. The molecule has 166 valence electrons. The van der Waals surface area contributed by atoms with Gasteiger partial charge in [-0.2, -0.15) is 0 Å². The molecule has 0 spiro atoms. The molecule has 29 heavy (non-hydrogen) atoms. The van der Waals surface area contributed by atoms with E-state index in [0.717, 1.165) is 0 Å². The molecule has 0 aromatic carbocycles. The zero-order valence-corrected chi connectivity index (χ0v) is 17.5. The zero-order chi connectivity index (χ0) is 22.9. The summed E-state index contributed by atoms with van der Waals surface area (Å²) in [5, 5.41) is 16.2. The smallest absolute Gasteiger partial charge is 0.326 e. The Kier molecular flexibility index (Phi) is 10.9. The molecule has 0 rings (SSSR count). The largest absolute Gasteiger partial charge is 0.480 e. The first-order valence-corrected chi connectivity index (χ1v) is 9.49. The second-order valence-corrected chi connectivity index (χ2v) is 7.44. The van der Waals surface area contributed by atoms with Gasteiger partial charge < -0.3 is 32.5 Å². The van der Waals surface area contributed by atoms with Crippen LogP contribution in [0.3, 0.4) is 0 Å². The minimum atomic E-state index is -1.39. The highest BCUT2D eigenvalue weighted by molar-refractivity contribution is 5.96. The molecular formula is C18H33N5O6. The molecule has 0 aliphatic carbocycles. The maximum Gasteiger partial charge on any atom is 0.326 e. The van der Waals surface area contributed by atoms with Gasteiger partial charge in [0.05, 0.1) is 12.5 Å². The Hall–Kier alpha value is -2.69. The number of nitrogens with two attached hydrogens (primary N) is 2. The number of rotatable bonds is 12. The van der Waals surface area contributed by atoms with Crippen LogP contribution in [0, 0.1) is 11.8 Å². The number of carbonyl (C=O) groups excluding carboxylic acids is 4. The van der Waals surface area contributed by atoms with E-state index in [1.165, 1.54) is 6.92 Å². The molecule has 0 aliphatic rings. The number of carboxylic acids is 1. The van der Waals surface area contributed by atoms with Crippen LogP contribution < -0.4 is 27.4 Å². The molecule has 11 nitrogen and oxygen atoms in total. The second kappa shape index (κ2) is 12.0. The summed E-state index contributed by atoms with van der Waals surface area (Å²) < 4.78 is 0. The van der Waals surface area contributed by atoms with Gasteiger partial charge in [-0.15, -0.1) is 0 Å². The fourth-order valence-electron chi connectivity index (χ4n) is 2.36. The highest BCUT2D eigenvalue weighted by Gasteiger charge is 2.31. The minimum Gasteiger partial charge on any atom is -0.480 e. The summed E-state index contributed by atoms with van der Waals surface area (Å²) in [6.07, 6.45) is 0.145. The summed E-state index contributed by atoms with van der Waals surface area (Å²) in [4.78, 5) is 59.4. The standard InChI is InChI=1S/C18H33N5O6/c1-6-9(4)13(20)17(27)21-10(5)15(25)22-11(7-12(19)24)16(26)23-14(8(2)3)18(28)29/h8-11,13-14H,6-7,20H2,1-5H3,(H2,19,24)(H,21,27)(H,22,25)(H,23,26)(H,28,29). The number of carbonyl (C=O) groups is 5. The quantitative estimate of drug-likeness (QED) is 0.222. The van der Waals surface area contributed by atoms with Crippen LogP contribution in [0.1, 0.15) is 47.5 Å². The van der Waals surface area contributed by atoms with Gasteiger partial charge >= 0.3 is 5.97 Å². The SMILES string of the molecule is CCC(C)C(N)C(=O)NC(C)C(=O)NC(CC(N)=O)C(=O)NC(C(=O)O)C(C)C. The highest BCUT2D eigenvalue weighted by atomic mass is 16.4. The van der Waals surface area contributed by atoms with Gasteiger partial charge in [0.15, 0.2) is 0 Å². The van der Waals surface area contributed by atoms with E-state index in [1.807, 2.05) is 6.92 Å². The summed E-state index contributed by atoms with van der Waals surface area (Å²) in [7, 11) is 0. The molecular weight excluding hydrogens is 382 g/mol. The molecule has 4 amide bonds. The van der Waals surface area contributed by atoms with Crippen molar-refractivity contribution in [3.8, 4) is 0 Å². The van der Waals surface area contributed by atoms with Crippen molar-refractivity contribution in [3.05, 3.63) is 0 Å². The molecule has 0 aromatic heterocycles. The topological polar surface area (TPSA) is 194 Å². The molecule has 0 aromatic rings. The van der Waals surface area contributed by atoms with Crippen molar-refractivity contribution in [1.29, 1.82) is 0 Å². The van der Waals surface area contributed by atoms with Crippen LogP contribution in [0.15, 0.2) is 0 Å². The molecule has 11 heteroatoms. The molecule has 5 unspecified atom stereocenters. The van der Waals surface area contributed by atoms with E-state index in [2.05, 4.69) is 16.0 Å². The lowest BCUT2D eigenvalue weighted by Gasteiger charge is -2.25. The van der Waals surface area contributed by atoms with Gasteiger partial charge in [-0.3, -0.25) is 19.2 Å². The van der Waals surface area contributed by atoms with E-state index >= 15 is 0 Å². The third-order valence-electron chi connectivity index (χ3n) is 4.58. The Morgan fingerprint density at radius 1 is 0.897 bits per heavy atom. The molecule has 0 fully saturated rings. The van der Waals surface area contributed by atoms with Crippen molar-refractivity contribution in [1.82, 2.24) is 16.0 Å². The van der Waals surface area contributed by atoms with Crippen molar-refractivity contribution >= 4 is 29.6 Å². The maximum absolute atomic E-state index is 12.4. The lowest BCUT2D eigenvalue weighted by atomic mass is 9.99. The fraction of sp³-hybridized carbons (Fsp3) is 0.722. The molecule has 0 bridgehead atoms. The van der Waals surface area contributed by atoms with Crippen molar-refractivity contribution < 1.29 is 29.1 Å². The number of aliphatic carboxylic acids is 1.